The van der Waals surface area contributed by atoms with Gasteiger partial charge in [-0.2, -0.15) is 5.10 Å². The molecule has 0 aliphatic rings. The number of amides is 1. The van der Waals surface area contributed by atoms with Crippen molar-refractivity contribution in [2.24, 2.45) is 7.05 Å². The third kappa shape index (κ3) is 5.16. The topological polar surface area (TPSA) is 104 Å². The summed E-state index contributed by atoms with van der Waals surface area (Å²) in [5, 5.41) is 8.48. The summed E-state index contributed by atoms with van der Waals surface area (Å²) in [7, 11) is 1.77. The first-order valence-electron chi connectivity index (χ1n) is 13.2. The number of benzene rings is 3. The lowest BCUT2D eigenvalue weighted by Crippen LogP contribution is -2.33. The number of pyridine rings is 1. The van der Waals surface area contributed by atoms with Gasteiger partial charge in [-0.25, -0.2) is 13.8 Å². The minimum atomic E-state index is -0.750. The molecule has 3 heterocycles. The molecule has 0 aliphatic heterocycles. The Kier molecular flexibility index (Phi) is 7.07. The van der Waals surface area contributed by atoms with Gasteiger partial charge in [0.25, 0.3) is 0 Å². The van der Waals surface area contributed by atoms with E-state index in [1.54, 1.807) is 28.7 Å². The van der Waals surface area contributed by atoms with Crippen LogP contribution in [0.4, 0.5) is 14.6 Å². The normalized spacial score (nSPS) is 12.2. The summed E-state index contributed by atoms with van der Waals surface area (Å²) in [5.74, 6) is -1.45. The van der Waals surface area contributed by atoms with E-state index >= 15 is 0 Å². The molecule has 0 radical (unpaired) electrons. The molecule has 3 N–H and O–H groups in total. The quantitative estimate of drug-likeness (QED) is 0.242. The zero-order valence-corrected chi connectivity index (χ0v) is 23.5. The number of aromatic nitrogens is 5. The second-order valence-corrected chi connectivity index (χ2v) is 10.6. The van der Waals surface area contributed by atoms with E-state index in [1.807, 2.05) is 49.4 Å². The zero-order valence-electron chi connectivity index (χ0n) is 22.8. The number of aryl methyl sites for hydroxylation is 2. The molecule has 0 fully saturated rings. The average Bonchev–Trinajstić information content (AvgIpc) is 3.48. The number of nitrogens with one attached hydrogen (secondary N) is 1. The van der Waals surface area contributed by atoms with Crippen LogP contribution in [0, 0.1) is 18.6 Å². The predicted octanol–water partition coefficient (Wildman–Crippen LogP) is 5.91. The summed E-state index contributed by atoms with van der Waals surface area (Å²) >= 11 is 6.49. The Balaban J connectivity index is 1.46. The molecule has 3 aromatic carbocycles. The highest BCUT2D eigenvalue weighted by Gasteiger charge is 2.25. The van der Waals surface area contributed by atoms with Crippen LogP contribution in [-0.4, -0.2) is 30.2 Å². The number of nitrogen functional groups attached to an aromatic ring is 1. The summed E-state index contributed by atoms with van der Waals surface area (Å²) in [5.41, 5.74) is 11.5. The first kappa shape index (κ1) is 27.3. The van der Waals surface area contributed by atoms with Gasteiger partial charge in [0.15, 0.2) is 5.82 Å². The number of para-hydroxylation sites is 2. The number of nitrogens with zero attached hydrogens (tertiary/aromatic N) is 5. The molecule has 11 heteroatoms. The van der Waals surface area contributed by atoms with E-state index in [4.69, 9.17) is 22.3 Å². The summed E-state index contributed by atoms with van der Waals surface area (Å²) in [6.07, 6.45) is 1.69. The van der Waals surface area contributed by atoms with Gasteiger partial charge in [-0.3, -0.25) is 14.5 Å². The smallest absolute Gasteiger partial charge is 0.240 e. The number of halogens is 3. The standard InChI is InChI=1S/C31H26ClF2N7O/c1-17-7-8-21(22-9-10-23(32)28-30(22)40(2)39-31(28)35)29(37-17)25(13-18-11-19(33)14-20(34)12-18)38-27(42)15-41-16-36-24-5-3-4-6-26(24)41/h3-12,14,16,25H,13,15H2,1-2H3,(H2,35,39)(H,38,42)/t25-/m0/s1. The highest BCUT2D eigenvalue weighted by Crippen LogP contribution is 2.38. The first-order chi connectivity index (χ1) is 20.2. The molecule has 1 atom stereocenters. The number of anilines is 1. The Labute approximate surface area is 244 Å². The molecule has 0 aliphatic carbocycles. The molecular weight excluding hydrogens is 560 g/mol. The van der Waals surface area contributed by atoms with Crippen molar-refractivity contribution in [3.63, 3.8) is 0 Å². The number of carbonyl (C=O) groups is 1. The largest absolute Gasteiger partial charge is 0.382 e. The van der Waals surface area contributed by atoms with Gasteiger partial charge in [0.05, 0.1) is 45.0 Å². The fourth-order valence-electron chi connectivity index (χ4n) is 5.41. The number of nitrogens with two attached hydrogens (primary N) is 1. The SMILES string of the molecule is Cc1ccc(-c2ccc(Cl)c3c(N)nn(C)c23)c([C@H](Cc2cc(F)cc(F)c2)NC(=O)Cn2cnc3ccccc32)n1. The maximum atomic E-state index is 14.2. The van der Waals surface area contributed by atoms with Gasteiger partial charge in [-0.15, -0.1) is 0 Å². The van der Waals surface area contributed by atoms with Gasteiger partial charge >= 0.3 is 0 Å². The van der Waals surface area contributed by atoms with Gasteiger partial charge in [-0.1, -0.05) is 35.9 Å². The number of fused-ring (bicyclic) bond motifs is 2. The molecule has 0 saturated carbocycles. The van der Waals surface area contributed by atoms with Crippen molar-refractivity contribution in [2.45, 2.75) is 25.9 Å². The maximum Gasteiger partial charge on any atom is 0.240 e. The van der Waals surface area contributed by atoms with E-state index in [1.165, 1.54) is 12.1 Å². The Morgan fingerprint density at radius 2 is 1.79 bits per heavy atom. The maximum absolute atomic E-state index is 14.2. The number of imidazole rings is 1. The van der Waals surface area contributed by atoms with Crippen molar-refractivity contribution < 1.29 is 13.6 Å². The monoisotopic (exact) mass is 585 g/mol. The van der Waals surface area contributed by atoms with Crippen LogP contribution in [-0.2, 0) is 24.8 Å². The van der Waals surface area contributed by atoms with Crippen molar-refractivity contribution in [3.05, 3.63) is 107 Å². The summed E-state index contributed by atoms with van der Waals surface area (Å²) in [4.78, 5) is 22.7. The van der Waals surface area contributed by atoms with E-state index in [0.717, 1.165) is 22.7 Å². The molecule has 0 unspecified atom stereocenters. The average molecular weight is 586 g/mol. The second kappa shape index (κ2) is 10.9. The van der Waals surface area contributed by atoms with Gasteiger partial charge in [-0.05, 0) is 55.3 Å². The summed E-state index contributed by atoms with van der Waals surface area (Å²) in [6, 6.07) is 17.4. The molecule has 8 nitrogen and oxygen atoms in total. The molecule has 212 valence electrons. The van der Waals surface area contributed by atoms with Crippen molar-refractivity contribution >= 4 is 45.3 Å². The fourth-order valence-corrected chi connectivity index (χ4v) is 5.66. The van der Waals surface area contributed by atoms with E-state index < -0.39 is 17.7 Å². The molecule has 3 aromatic heterocycles. The zero-order chi connectivity index (χ0) is 29.5. The number of rotatable bonds is 7. The van der Waals surface area contributed by atoms with Crippen molar-refractivity contribution in [3.8, 4) is 11.1 Å². The lowest BCUT2D eigenvalue weighted by molar-refractivity contribution is -0.122. The van der Waals surface area contributed by atoms with Gasteiger partial charge in [0.2, 0.25) is 5.91 Å². The minimum absolute atomic E-state index is 0.0148. The fraction of sp³-hybridized carbons (Fsp3) is 0.161. The van der Waals surface area contributed by atoms with Crippen LogP contribution in [0.25, 0.3) is 33.1 Å². The molecule has 0 spiro atoms. The molecular formula is C31H26ClF2N7O. The van der Waals surface area contributed by atoms with Gasteiger partial charge < -0.3 is 15.6 Å². The number of hydrogen-bond donors (Lipinski definition) is 2. The Bertz CT molecular complexity index is 1960. The van der Waals surface area contributed by atoms with Crippen molar-refractivity contribution in [2.75, 3.05) is 5.73 Å². The van der Waals surface area contributed by atoms with Crippen LogP contribution >= 0.6 is 11.6 Å². The van der Waals surface area contributed by atoms with E-state index in [9.17, 15) is 13.6 Å². The van der Waals surface area contributed by atoms with Crippen LogP contribution in [0.2, 0.25) is 5.02 Å². The molecule has 0 saturated heterocycles. The number of hydrogen-bond acceptors (Lipinski definition) is 5. The van der Waals surface area contributed by atoms with Gasteiger partial charge in [0.1, 0.15) is 18.2 Å². The highest BCUT2D eigenvalue weighted by molar-refractivity contribution is 6.37. The first-order valence-corrected chi connectivity index (χ1v) is 13.6. The Morgan fingerprint density at radius 3 is 2.57 bits per heavy atom. The predicted molar refractivity (Wildman–Crippen MR) is 159 cm³/mol. The lowest BCUT2D eigenvalue weighted by Gasteiger charge is -2.23. The van der Waals surface area contributed by atoms with E-state index in [0.29, 0.717) is 38.4 Å². The third-order valence-electron chi connectivity index (χ3n) is 7.19. The van der Waals surface area contributed by atoms with E-state index in [2.05, 4.69) is 15.4 Å². The Morgan fingerprint density at radius 1 is 1.05 bits per heavy atom. The van der Waals surface area contributed by atoms with Crippen LogP contribution in [0.3, 0.4) is 0 Å². The molecule has 0 bridgehead atoms. The van der Waals surface area contributed by atoms with Crippen LogP contribution in [0.5, 0.6) is 0 Å². The molecule has 6 aromatic rings. The third-order valence-corrected chi connectivity index (χ3v) is 7.50. The van der Waals surface area contributed by atoms with Crippen LogP contribution in [0.1, 0.15) is 23.0 Å². The molecule has 1 amide bonds. The molecule has 6 rings (SSSR count). The van der Waals surface area contributed by atoms with Crippen molar-refractivity contribution in [1.82, 2.24) is 29.6 Å². The minimum Gasteiger partial charge on any atom is -0.382 e. The van der Waals surface area contributed by atoms with E-state index in [-0.39, 0.29) is 24.7 Å². The van der Waals surface area contributed by atoms with Gasteiger partial charge in [0, 0.05) is 29.9 Å². The molecule has 42 heavy (non-hydrogen) atoms. The summed E-state index contributed by atoms with van der Waals surface area (Å²) < 4.78 is 31.8. The van der Waals surface area contributed by atoms with Crippen LogP contribution in [0.15, 0.2) is 73.1 Å². The number of carbonyl (C=O) groups excluding carboxylic acids is 1. The lowest BCUT2D eigenvalue weighted by atomic mass is 9.93. The second-order valence-electron chi connectivity index (χ2n) is 10.2. The summed E-state index contributed by atoms with van der Waals surface area (Å²) in [6.45, 7) is 1.82. The van der Waals surface area contributed by atoms with Crippen molar-refractivity contribution in [1.29, 1.82) is 0 Å². The van der Waals surface area contributed by atoms with Crippen LogP contribution < -0.4 is 11.1 Å². The Hall–Kier alpha value is -4.83. The highest BCUT2D eigenvalue weighted by atomic mass is 35.5.